The van der Waals surface area contributed by atoms with Gasteiger partial charge in [-0.25, -0.2) is 15.0 Å². The minimum atomic E-state index is -0.397. The Kier molecular flexibility index (Phi) is 16.6. The Morgan fingerprint density at radius 3 is 2.26 bits per heavy atom. The molecule has 2 fully saturated rings. The van der Waals surface area contributed by atoms with Gasteiger partial charge in [0.05, 0.1) is 68.8 Å². The molecule has 0 bridgehead atoms. The molecule has 1 saturated carbocycles. The van der Waals surface area contributed by atoms with Crippen LogP contribution in [-0.2, 0) is 25.6 Å². The van der Waals surface area contributed by atoms with E-state index in [9.17, 15) is 9.59 Å². The third-order valence-electron chi connectivity index (χ3n) is 12.9. The maximum Gasteiger partial charge on any atom is 0.251 e. The summed E-state index contributed by atoms with van der Waals surface area (Å²) < 4.78 is 34.7. The first kappa shape index (κ1) is 49.5. The van der Waals surface area contributed by atoms with Gasteiger partial charge in [0.25, 0.3) is 5.91 Å². The van der Waals surface area contributed by atoms with Gasteiger partial charge in [0.2, 0.25) is 11.8 Å². The molecular formula is C55H61N9O8. The zero-order valence-electron chi connectivity index (χ0n) is 40.7. The number of amides is 2. The van der Waals surface area contributed by atoms with Crippen molar-refractivity contribution in [3.8, 4) is 34.1 Å². The van der Waals surface area contributed by atoms with E-state index in [1.165, 1.54) is 0 Å². The summed E-state index contributed by atoms with van der Waals surface area (Å²) in [5.41, 5.74) is 12.7. The van der Waals surface area contributed by atoms with E-state index < -0.39 is 6.04 Å². The first-order chi connectivity index (χ1) is 35.2. The fourth-order valence-electron chi connectivity index (χ4n) is 9.27. The molecule has 2 aliphatic rings. The molecule has 17 nitrogen and oxygen atoms in total. The molecule has 0 spiro atoms. The van der Waals surface area contributed by atoms with Gasteiger partial charge in [-0.1, -0.05) is 37.1 Å². The molecular weight excluding hydrogens is 915 g/mol. The Morgan fingerprint density at radius 1 is 0.778 bits per heavy atom. The quantitative estimate of drug-likeness (QED) is 0.0409. The number of nitrogens with one attached hydrogen (secondary N) is 2. The first-order valence-electron chi connectivity index (χ1n) is 24.7. The van der Waals surface area contributed by atoms with Crippen molar-refractivity contribution in [1.82, 2.24) is 35.6 Å². The molecule has 72 heavy (non-hydrogen) atoms. The van der Waals surface area contributed by atoms with E-state index in [1.54, 1.807) is 18.6 Å². The lowest BCUT2D eigenvalue weighted by molar-refractivity contribution is -0.122. The van der Waals surface area contributed by atoms with Gasteiger partial charge >= 0.3 is 0 Å². The predicted molar refractivity (Wildman–Crippen MR) is 272 cm³/mol. The first-order valence-corrected chi connectivity index (χ1v) is 24.7. The number of hydrogen-bond donors (Lipinski definition) is 3. The molecule has 3 aromatic carbocycles. The Balaban J connectivity index is 0.644. The number of carbonyl (C=O) groups excluding carboxylic acids is 2. The summed E-state index contributed by atoms with van der Waals surface area (Å²) in [6.45, 7) is 7.19. The zero-order chi connectivity index (χ0) is 49.7. The molecule has 4 N–H and O–H groups in total. The fourth-order valence-corrected chi connectivity index (χ4v) is 9.27. The number of nitrogens with zero attached hydrogens (tertiary/aromatic N) is 6. The third kappa shape index (κ3) is 12.9. The van der Waals surface area contributed by atoms with E-state index >= 15 is 0 Å². The SMILES string of the molecule is Cc1nc(C(C)NC(=O)c2ccc(-c3ccc(N)cc3)cc2)cc(N2[C@H](C(=O)NCCOCCOCCOCCOc3ccc(COc4ccc5oc(-c6cccnc6)nc5c4)nc3)C[C@@H]3CCCC[C@@H]32)n1. The Morgan fingerprint density at radius 2 is 1.51 bits per heavy atom. The van der Waals surface area contributed by atoms with E-state index in [-0.39, 0.29) is 30.5 Å². The smallest absolute Gasteiger partial charge is 0.251 e. The monoisotopic (exact) mass is 975 g/mol. The van der Waals surface area contributed by atoms with Crippen LogP contribution in [0.25, 0.3) is 33.7 Å². The lowest BCUT2D eigenvalue weighted by atomic mass is 9.84. The van der Waals surface area contributed by atoms with Crippen LogP contribution in [0.4, 0.5) is 11.5 Å². The van der Waals surface area contributed by atoms with E-state index in [0.717, 1.165) is 54.5 Å². The molecule has 0 radical (unpaired) electrons. The molecule has 4 atom stereocenters. The number of oxazole rings is 1. The summed E-state index contributed by atoms with van der Waals surface area (Å²) in [5.74, 6) is 3.26. The zero-order valence-corrected chi connectivity index (χ0v) is 40.7. The van der Waals surface area contributed by atoms with Crippen molar-refractivity contribution < 1.29 is 37.7 Å². The van der Waals surface area contributed by atoms with Crippen LogP contribution in [0.5, 0.6) is 11.5 Å². The highest BCUT2D eigenvalue weighted by Crippen LogP contribution is 2.42. The number of ether oxygens (including phenoxy) is 5. The van der Waals surface area contributed by atoms with Crippen molar-refractivity contribution >= 4 is 34.4 Å². The number of nitrogens with two attached hydrogens (primary N) is 1. The van der Waals surface area contributed by atoms with Crippen molar-refractivity contribution in [3.05, 3.63) is 138 Å². The summed E-state index contributed by atoms with van der Waals surface area (Å²) in [4.78, 5) is 52.2. The number of rotatable bonds is 23. The van der Waals surface area contributed by atoms with Crippen LogP contribution in [0.2, 0.25) is 0 Å². The van der Waals surface area contributed by atoms with E-state index in [0.29, 0.717) is 116 Å². The van der Waals surface area contributed by atoms with Gasteiger partial charge in [0.1, 0.15) is 47.9 Å². The van der Waals surface area contributed by atoms with Crippen LogP contribution in [-0.4, -0.2) is 102 Å². The van der Waals surface area contributed by atoms with E-state index in [4.69, 9.17) is 43.8 Å². The third-order valence-corrected chi connectivity index (χ3v) is 12.9. The number of pyridine rings is 2. The molecule has 7 aromatic rings. The number of aryl methyl sites for hydroxylation is 1. The molecule has 2 amide bonds. The molecule has 9 rings (SSSR count). The van der Waals surface area contributed by atoms with Gasteiger partial charge in [0.15, 0.2) is 5.58 Å². The number of nitrogen functional groups attached to an aromatic ring is 1. The Bertz CT molecular complexity index is 2870. The summed E-state index contributed by atoms with van der Waals surface area (Å²) >= 11 is 0. The Labute approximate surface area is 418 Å². The highest BCUT2D eigenvalue weighted by atomic mass is 16.6. The normalized spacial score (nSPS) is 16.8. The number of benzene rings is 3. The average molecular weight is 976 g/mol. The van der Waals surface area contributed by atoms with Gasteiger partial charge in [-0.2, -0.15) is 0 Å². The number of anilines is 2. The summed E-state index contributed by atoms with van der Waals surface area (Å²) in [5, 5.41) is 6.23. The molecule has 1 aliphatic carbocycles. The molecule has 17 heteroatoms. The van der Waals surface area contributed by atoms with Crippen LogP contribution >= 0.6 is 0 Å². The lowest BCUT2D eigenvalue weighted by Gasteiger charge is -2.35. The minimum absolute atomic E-state index is 0.0411. The molecule has 4 aromatic heterocycles. The van der Waals surface area contributed by atoms with Crippen molar-refractivity contribution in [2.45, 2.75) is 70.7 Å². The second-order valence-electron chi connectivity index (χ2n) is 18.0. The van der Waals surface area contributed by atoms with Gasteiger partial charge in [-0.15, -0.1) is 0 Å². The summed E-state index contributed by atoms with van der Waals surface area (Å²) in [6.07, 6.45) is 10.2. The average Bonchev–Trinajstić information content (AvgIpc) is 4.02. The molecule has 5 heterocycles. The van der Waals surface area contributed by atoms with Crippen LogP contribution in [0.15, 0.2) is 120 Å². The van der Waals surface area contributed by atoms with Crippen molar-refractivity contribution in [1.29, 1.82) is 0 Å². The molecule has 374 valence electrons. The number of fused-ring (bicyclic) bond motifs is 2. The molecule has 1 aliphatic heterocycles. The number of carbonyl (C=O) groups is 2. The lowest BCUT2D eigenvalue weighted by Crippen LogP contribution is -2.48. The van der Waals surface area contributed by atoms with Gasteiger partial charge in [-0.05, 0) is 111 Å². The second-order valence-corrected chi connectivity index (χ2v) is 18.0. The molecule has 1 saturated heterocycles. The fraction of sp³-hybridized carbons (Fsp3) is 0.364. The summed E-state index contributed by atoms with van der Waals surface area (Å²) in [6, 6.07) is 29.5. The van der Waals surface area contributed by atoms with Gasteiger partial charge < -0.3 is 49.4 Å². The topological polar surface area (TPSA) is 211 Å². The van der Waals surface area contributed by atoms with Crippen LogP contribution in [0.3, 0.4) is 0 Å². The molecule has 1 unspecified atom stereocenters. The van der Waals surface area contributed by atoms with Gasteiger partial charge in [-0.3, -0.25) is 19.6 Å². The second kappa shape index (κ2) is 24.1. The van der Waals surface area contributed by atoms with Crippen molar-refractivity contribution in [2.24, 2.45) is 5.92 Å². The standard InChI is InChI=1S/C55H61N9O8/c1-36(60-53(65)40-11-9-38(10-12-40)39-13-15-43(56)16-14-39)47-32-52(62-37(2)61-47)64-49-8-4-3-6-41(49)30-50(64)54(66)58-22-23-67-24-25-68-26-27-69-28-29-70-46-18-17-44(59-34-46)35-71-45-19-20-51-48(31-45)63-55(72-51)42-7-5-21-57-33-42/h5,7,9-21,31-34,36,41,49-50H,3-4,6,8,22-30,35,56H2,1-2H3,(H,58,66)(H,60,65)/t36?,41-,49-,50-/m0/s1. The van der Waals surface area contributed by atoms with Gasteiger partial charge in [0, 0.05) is 48.4 Å². The van der Waals surface area contributed by atoms with Crippen LogP contribution in [0.1, 0.15) is 72.6 Å². The van der Waals surface area contributed by atoms with E-state index in [1.807, 2.05) is 111 Å². The predicted octanol–water partition coefficient (Wildman–Crippen LogP) is 8.08. The summed E-state index contributed by atoms with van der Waals surface area (Å²) in [7, 11) is 0. The number of hydrogen-bond acceptors (Lipinski definition) is 15. The van der Waals surface area contributed by atoms with Crippen molar-refractivity contribution in [2.75, 3.05) is 63.4 Å². The maximum absolute atomic E-state index is 13.8. The number of aromatic nitrogens is 5. The maximum atomic E-state index is 13.8. The van der Waals surface area contributed by atoms with Crippen molar-refractivity contribution in [3.63, 3.8) is 0 Å². The van der Waals surface area contributed by atoms with Crippen LogP contribution in [0, 0.1) is 12.8 Å². The largest absolute Gasteiger partial charge is 0.490 e. The van der Waals surface area contributed by atoms with E-state index in [2.05, 4.69) is 30.5 Å². The van der Waals surface area contributed by atoms with Crippen LogP contribution < -0.4 is 30.7 Å². The highest BCUT2D eigenvalue weighted by molar-refractivity contribution is 5.95. The Hall–Kier alpha value is -7.47. The highest BCUT2D eigenvalue weighted by Gasteiger charge is 2.46. The minimum Gasteiger partial charge on any atom is -0.490 e.